The highest BCUT2D eigenvalue weighted by molar-refractivity contribution is 6.31. The average molecular weight is 444 g/mol. The van der Waals surface area contributed by atoms with Crippen LogP contribution in [0.25, 0.3) is 11.3 Å². The molecular weight excluding hydrogens is 417 g/mol. The molecule has 4 N–H and O–H groups in total. The molecule has 0 unspecified atom stereocenters. The zero-order chi connectivity index (χ0) is 22.0. The molecule has 4 rings (SSSR count). The van der Waals surface area contributed by atoms with Gasteiger partial charge in [-0.3, -0.25) is 0 Å². The van der Waals surface area contributed by atoms with Gasteiger partial charge in [0.15, 0.2) is 0 Å². The Morgan fingerprint density at radius 2 is 2.00 bits per heavy atom. The van der Waals surface area contributed by atoms with Gasteiger partial charge in [-0.1, -0.05) is 18.5 Å². The Balaban J connectivity index is 1.56. The lowest BCUT2D eigenvalue weighted by Gasteiger charge is -2.33. The van der Waals surface area contributed by atoms with Gasteiger partial charge in [-0.05, 0) is 37.5 Å². The Labute approximate surface area is 186 Å². The molecule has 0 amide bonds. The molecule has 0 atom stereocenters. The van der Waals surface area contributed by atoms with Crippen molar-refractivity contribution in [1.29, 1.82) is 0 Å². The van der Waals surface area contributed by atoms with Crippen molar-refractivity contribution in [3.8, 4) is 11.3 Å². The van der Waals surface area contributed by atoms with E-state index in [1.54, 1.807) is 12.1 Å². The maximum Gasteiger partial charge on any atom is 0.141 e. The second-order valence-corrected chi connectivity index (χ2v) is 8.18. The number of hydrogen-bond donors (Lipinski definition) is 2. The van der Waals surface area contributed by atoms with Gasteiger partial charge in [0.25, 0.3) is 0 Å². The number of nitrogens with zero attached hydrogens (tertiary/aromatic N) is 5. The van der Waals surface area contributed by atoms with Crippen LogP contribution in [-0.2, 0) is 13.0 Å². The maximum atomic E-state index is 13.6. The minimum Gasteiger partial charge on any atom is -0.383 e. The Kier molecular flexibility index (Phi) is 6.38. The van der Waals surface area contributed by atoms with E-state index in [1.807, 2.05) is 6.20 Å². The predicted octanol–water partition coefficient (Wildman–Crippen LogP) is 3.62. The summed E-state index contributed by atoms with van der Waals surface area (Å²) < 4.78 is 15.7. The zero-order valence-corrected chi connectivity index (χ0v) is 18.3. The van der Waals surface area contributed by atoms with E-state index in [4.69, 9.17) is 28.1 Å². The minimum atomic E-state index is -0.434. The summed E-state index contributed by atoms with van der Waals surface area (Å²) in [5.41, 5.74) is 14.5. The third-order valence-corrected chi connectivity index (χ3v) is 6.15. The number of aromatic nitrogens is 4. The van der Waals surface area contributed by atoms with Crippen molar-refractivity contribution in [2.75, 3.05) is 30.3 Å². The highest BCUT2D eigenvalue weighted by Gasteiger charge is 2.27. The standard InChI is InChI=1S/C22H27ClFN7/c1-2-16-20(26)27-13-28-22(16)30-8-5-14(6-9-30)21-29-19(12-31(21)10-7-25)15-3-4-18(24)17(23)11-15/h3-4,11-14H,2,5-10,25H2,1H3,(H2,26,27,28). The van der Waals surface area contributed by atoms with E-state index in [0.29, 0.717) is 24.8 Å². The van der Waals surface area contributed by atoms with Gasteiger partial charge in [0.05, 0.1) is 10.7 Å². The van der Waals surface area contributed by atoms with Crippen molar-refractivity contribution in [3.05, 3.63) is 53.0 Å². The number of hydrogen-bond acceptors (Lipinski definition) is 6. The lowest BCUT2D eigenvalue weighted by Crippen LogP contribution is -2.35. The molecule has 0 radical (unpaired) electrons. The predicted molar refractivity (Wildman–Crippen MR) is 122 cm³/mol. The number of halogens is 2. The molecule has 3 heterocycles. The number of nitrogen functional groups attached to an aromatic ring is 1. The van der Waals surface area contributed by atoms with Crippen LogP contribution in [0.15, 0.2) is 30.7 Å². The van der Waals surface area contributed by atoms with Crippen LogP contribution in [0.1, 0.15) is 37.1 Å². The SMILES string of the molecule is CCc1c(N)ncnc1N1CCC(c2nc(-c3ccc(F)c(Cl)c3)cn2CCN)CC1. The molecule has 0 saturated carbocycles. The summed E-state index contributed by atoms with van der Waals surface area (Å²) in [6, 6.07) is 4.69. The quantitative estimate of drug-likeness (QED) is 0.603. The lowest BCUT2D eigenvalue weighted by atomic mass is 9.95. The summed E-state index contributed by atoms with van der Waals surface area (Å²) in [6.45, 7) is 4.99. The van der Waals surface area contributed by atoms with Gasteiger partial charge in [0, 0.05) is 49.4 Å². The molecule has 2 aromatic heterocycles. The first-order valence-corrected chi connectivity index (χ1v) is 11.0. The first-order chi connectivity index (χ1) is 15.0. The van der Waals surface area contributed by atoms with E-state index < -0.39 is 5.82 Å². The van der Waals surface area contributed by atoms with Gasteiger partial charge in [0.2, 0.25) is 0 Å². The average Bonchev–Trinajstić information content (AvgIpc) is 3.20. The molecule has 0 bridgehead atoms. The zero-order valence-electron chi connectivity index (χ0n) is 17.6. The van der Waals surface area contributed by atoms with Gasteiger partial charge < -0.3 is 20.9 Å². The normalized spacial score (nSPS) is 14.9. The van der Waals surface area contributed by atoms with E-state index in [1.165, 1.54) is 12.4 Å². The third kappa shape index (κ3) is 4.36. The van der Waals surface area contributed by atoms with Crippen LogP contribution in [0.2, 0.25) is 5.02 Å². The van der Waals surface area contributed by atoms with Crippen LogP contribution in [0.5, 0.6) is 0 Å². The van der Waals surface area contributed by atoms with Crippen LogP contribution in [0, 0.1) is 5.82 Å². The molecule has 1 saturated heterocycles. The van der Waals surface area contributed by atoms with Gasteiger partial charge >= 0.3 is 0 Å². The molecular formula is C22H27ClFN7. The summed E-state index contributed by atoms with van der Waals surface area (Å²) in [7, 11) is 0. The fraction of sp³-hybridized carbons (Fsp3) is 0.409. The molecule has 1 fully saturated rings. The number of nitrogens with two attached hydrogens (primary N) is 2. The van der Waals surface area contributed by atoms with Crippen molar-refractivity contribution in [2.24, 2.45) is 5.73 Å². The Hall–Kier alpha value is -2.71. The molecule has 1 aromatic carbocycles. The van der Waals surface area contributed by atoms with Crippen LogP contribution in [0.3, 0.4) is 0 Å². The summed E-state index contributed by atoms with van der Waals surface area (Å²) in [4.78, 5) is 15.8. The Bertz CT molecular complexity index is 1060. The highest BCUT2D eigenvalue weighted by atomic mass is 35.5. The minimum absolute atomic E-state index is 0.0941. The molecule has 7 nitrogen and oxygen atoms in total. The van der Waals surface area contributed by atoms with Crippen LogP contribution < -0.4 is 16.4 Å². The Morgan fingerprint density at radius 1 is 1.23 bits per heavy atom. The van der Waals surface area contributed by atoms with Crippen molar-refractivity contribution < 1.29 is 4.39 Å². The molecule has 1 aliphatic heterocycles. The summed E-state index contributed by atoms with van der Waals surface area (Å²) in [6.07, 6.45) is 6.20. The Morgan fingerprint density at radius 3 is 2.68 bits per heavy atom. The summed E-state index contributed by atoms with van der Waals surface area (Å²) in [5.74, 6) is 2.36. The summed E-state index contributed by atoms with van der Waals surface area (Å²) in [5, 5.41) is 0.0941. The first-order valence-electron chi connectivity index (χ1n) is 10.6. The van der Waals surface area contributed by atoms with E-state index in [-0.39, 0.29) is 5.02 Å². The maximum absolute atomic E-state index is 13.6. The number of anilines is 2. The second kappa shape index (κ2) is 9.20. The van der Waals surface area contributed by atoms with Crippen LogP contribution >= 0.6 is 11.6 Å². The number of piperidine rings is 1. The van der Waals surface area contributed by atoms with Gasteiger partial charge in [-0.15, -0.1) is 0 Å². The van der Waals surface area contributed by atoms with Crippen molar-refractivity contribution in [3.63, 3.8) is 0 Å². The van der Waals surface area contributed by atoms with E-state index in [0.717, 1.165) is 60.8 Å². The van der Waals surface area contributed by atoms with Gasteiger partial charge in [-0.2, -0.15) is 0 Å². The van der Waals surface area contributed by atoms with Gasteiger partial charge in [0.1, 0.15) is 29.6 Å². The van der Waals surface area contributed by atoms with E-state index >= 15 is 0 Å². The molecule has 164 valence electrons. The fourth-order valence-electron chi connectivity index (χ4n) is 4.25. The molecule has 31 heavy (non-hydrogen) atoms. The van der Waals surface area contributed by atoms with Crippen molar-refractivity contribution >= 4 is 23.2 Å². The van der Waals surface area contributed by atoms with Crippen LogP contribution in [-0.4, -0.2) is 39.2 Å². The second-order valence-electron chi connectivity index (χ2n) is 7.77. The summed E-state index contributed by atoms with van der Waals surface area (Å²) >= 11 is 5.98. The molecule has 9 heteroatoms. The fourth-order valence-corrected chi connectivity index (χ4v) is 4.43. The van der Waals surface area contributed by atoms with Crippen LogP contribution in [0.4, 0.5) is 16.0 Å². The smallest absolute Gasteiger partial charge is 0.141 e. The number of rotatable bonds is 6. The monoisotopic (exact) mass is 443 g/mol. The van der Waals surface area contributed by atoms with E-state index in [2.05, 4.69) is 26.4 Å². The largest absolute Gasteiger partial charge is 0.383 e. The number of imidazole rings is 1. The van der Waals surface area contributed by atoms with Gasteiger partial charge in [-0.25, -0.2) is 19.3 Å². The van der Waals surface area contributed by atoms with Crippen molar-refractivity contribution in [2.45, 2.75) is 38.6 Å². The first kappa shape index (κ1) is 21.5. The molecule has 1 aliphatic rings. The molecule has 0 spiro atoms. The molecule has 0 aliphatic carbocycles. The number of benzene rings is 1. The topological polar surface area (TPSA) is 98.9 Å². The van der Waals surface area contributed by atoms with Crippen molar-refractivity contribution in [1.82, 2.24) is 19.5 Å². The lowest BCUT2D eigenvalue weighted by molar-refractivity contribution is 0.463. The van der Waals surface area contributed by atoms with E-state index in [9.17, 15) is 4.39 Å². The third-order valence-electron chi connectivity index (χ3n) is 5.86. The highest BCUT2D eigenvalue weighted by Crippen LogP contribution is 2.33. The molecule has 3 aromatic rings.